The molecule has 0 bridgehead atoms. The van der Waals surface area contributed by atoms with Crippen molar-refractivity contribution in [3.05, 3.63) is 0 Å². The molecule has 2 heteroatoms. The number of aliphatic carboxylic acids is 1. The molecule has 2 nitrogen and oxygen atoms in total. The van der Waals surface area contributed by atoms with Gasteiger partial charge in [0, 0.05) is 0 Å². The third-order valence-electron chi connectivity index (χ3n) is 6.73. The molecule has 0 aliphatic carbocycles. The Balaban J connectivity index is 3.11. The fourth-order valence-corrected chi connectivity index (χ4v) is 4.28. The molecule has 0 aliphatic rings. The van der Waals surface area contributed by atoms with E-state index in [9.17, 15) is 4.79 Å². The van der Waals surface area contributed by atoms with Gasteiger partial charge in [-0.15, -0.1) is 0 Å². The quantitative estimate of drug-likeness (QED) is 0.156. The molecule has 0 atom stereocenters. The second-order valence-electron chi connectivity index (χ2n) is 10.4. The molecule has 0 aliphatic heterocycles. The fraction of sp³-hybridized carbons (Fsp3) is 0.964. The lowest BCUT2D eigenvalue weighted by molar-refractivity contribution is -0.147. The first kappa shape index (κ1) is 29.5. The summed E-state index contributed by atoms with van der Waals surface area (Å²) in [5.41, 5.74) is -0.548. The van der Waals surface area contributed by atoms with E-state index >= 15 is 0 Å². The molecule has 0 saturated carbocycles. The Hall–Kier alpha value is -0.530. The SMILES string of the molecule is CCCCCCCCCCCCCCCCCCCCCCCCC(C)(C)C(=O)O. The Morgan fingerprint density at radius 3 is 0.967 bits per heavy atom. The third-order valence-corrected chi connectivity index (χ3v) is 6.73. The fourth-order valence-electron chi connectivity index (χ4n) is 4.28. The number of carboxylic acids is 1. The van der Waals surface area contributed by atoms with Crippen molar-refractivity contribution in [3.8, 4) is 0 Å². The summed E-state index contributed by atoms with van der Waals surface area (Å²) in [4.78, 5) is 11.1. The van der Waals surface area contributed by atoms with Crippen LogP contribution in [0.4, 0.5) is 0 Å². The van der Waals surface area contributed by atoms with Crippen molar-refractivity contribution in [1.29, 1.82) is 0 Å². The van der Waals surface area contributed by atoms with Crippen LogP contribution in [0.1, 0.15) is 168 Å². The topological polar surface area (TPSA) is 37.3 Å². The first-order valence-electron chi connectivity index (χ1n) is 13.7. The van der Waals surface area contributed by atoms with Gasteiger partial charge in [0.15, 0.2) is 0 Å². The van der Waals surface area contributed by atoms with Gasteiger partial charge < -0.3 is 5.11 Å². The van der Waals surface area contributed by atoms with Crippen molar-refractivity contribution in [2.45, 2.75) is 168 Å². The largest absolute Gasteiger partial charge is 0.481 e. The van der Waals surface area contributed by atoms with Crippen molar-refractivity contribution in [2.24, 2.45) is 5.41 Å². The highest BCUT2D eigenvalue weighted by molar-refractivity contribution is 5.73. The summed E-state index contributed by atoms with van der Waals surface area (Å²) in [6, 6.07) is 0. The zero-order chi connectivity index (χ0) is 22.3. The Labute approximate surface area is 190 Å². The van der Waals surface area contributed by atoms with E-state index < -0.39 is 11.4 Å². The summed E-state index contributed by atoms with van der Waals surface area (Å²) in [5, 5.41) is 9.11. The Kier molecular flexibility index (Phi) is 21.3. The summed E-state index contributed by atoms with van der Waals surface area (Å²) in [6.45, 7) is 5.97. The lowest BCUT2D eigenvalue weighted by Gasteiger charge is -2.18. The van der Waals surface area contributed by atoms with Crippen LogP contribution >= 0.6 is 0 Å². The number of hydrogen-bond donors (Lipinski definition) is 1. The zero-order valence-corrected chi connectivity index (χ0v) is 21.1. The summed E-state index contributed by atoms with van der Waals surface area (Å²) < 4.78 is 0. The number of unbranched alkanes of at least 4 members (excludes halogenated alkanes) is 21. The summed E-state index contributed by atoms with van der Waals surface area (Å²) in [7, 11) is 0. The molecule has 0 radical (unpaired) electrons. The molecule has 0 spiro atoms. The zero-order valence-electron chi connectivity index (χ0n) is 21.1. The second-order valence-corrected chi connectivity index (χ2v) is 10.4. The molecule has 0 unspecified atom stereocenters. The number of hydrogen-bond acceptors (Lipinski definition) is 1. The first-order valence-corrected chi connectivity index (χ1v) is 13.7. The van der Waals surface area contributed by atoms with Crippen LogP contribution in [0, 0.1) is 5.41 Å². The molecule has 0 rings (SSSR count). The van der Waals surface area contributed by atoms with E-state index in [-0.39, 0.29) is 0 Å². The molecule has 0 saturated heterocycles. The Morgan fingerprint density at radius 1 is 0.500 bits per heavy atom. The predicted molar refractivity (Wildman–Crippen MR) is 133 cm³/mol. The Morgan fingerprint density at radius 2 is 0.733 bits per heavy atom. The molecule has 0 heterocycles. The van der Waals surface area contributed by atoms with Gasteiger partial charge in [-0.1, -0.05) is 148 Å². The minimum absolute atomic E-state index is 0.548. The van der Waals surface area contributed by atoms with E-state index in [0.29, 0.717) is 0 Å². The van der Waals surface area contributed by atoms with Gasteiger partial charge in [0.05, 0.1) is 5.41 Å². The molecular weight excluding hydrogens is 368 g/mol. The highest BCUT2D eigenvalue weighted by atomic mass is 16.4. The number of rotatable bonds is 24. The molecule has 0 aromatic carbocycles. The van der Waals surface area contributed by atoms with Crippen molar-refractivity contribution >= 4 is 5.97 Å². The Bertz CT molecular complexity index is 362. The van der Waals surface area contributed by atoms with Gasteiger partial charge in [-0.2, -0.15) is 0 Å². The average Bonchev–Trinajstić information content (AvgIpc) is 2.71. The van der Waals surface area contributed by atoms with E-state index in [4.69, 9.17) is 5.11 Å². The van der Waals surface area contributed by atoms with E-state index in [1.807, 2.05) is 13.8 Å². The average molecular weight is 425 g/mol. The van der Waals surface area contributed by atoms with Gasteiger partial charge >= 0.3 is 5.97 Å². The predicted octanol–water partition coefficient (Wildman–Crippen LogP) is 10.1. The van der Waals surface area contributed by atoms with Crippen LogP contribution in [0.15, 0.2) is 0 Å². The minimum atomic E-state index is -0.661. The number of carboxylic acid groups (broad SMARTS) is 1. The molecule has 30 heavy (non-hydrogen) atoms. The highest BCUT2D eigenvalue weighted by Gasteiger charge is 2.25. The maximum absolute atomic E-state index is 11.1. The van der Waals surface area contributed by atoms with E-state index in [1.54, 1.807) is 0 Å². The van der Waals surface area contributed by atoms with Crippen molar-refractivity contribution in [2.75, 3.05) is 0 Å². The van der Waals surface area contributed by atoms with Gasteiger partial charge in [-0.05, 0) is 20.3 Å². The molecule has 1 N–H and O–H groups in total. The van der Waals surface area contributed by atoms with Crippen LogP contribution < -0.4 is 0 Å². The lowest BCUT2D eigenvalue weighted by atomic mass is 9.87. The normalized spacial score (nSPS) is 11.8. The van der Waals surface area contributed by atoms with Crippen molar-refractivity contribution < 1.29 is 9.90 Å². The maximum atomic E-state index is 11.1. The van der Waals surface area contributed by atoms with Gasteiger partial charge in [0.25, 0.3) is 0 Å². The van der Waals surface area contributed by atoms with Crippen molar-refractivity contribution in [3.63, 3.8) is 0 Å². The molecule has 0 fully saturated rings. The van der Waals surface area contributed by atoms with Crippen molar-refractivity contribution in [1.82, 2.24) is 0 Å². The van der Waals surface area contributed by atoms with Crippen LogP contribution in [0.3, 0.4) is 0 Å². The van der Waals surface area contributed by atoms with E-state index in [1.165, 1.54) is 135 Å². The molecule has 0 aromatic heterocycles. The van der Waals surface area contributed by atoms with Gasteiger partial charge in [-0.3, -0.25) is 4.79 Å². The van der Waals surface area contributed by atoms with Gasteiger partial charge in [0.2, 0.25) is 0 Å². The van der Waals surface area contributed by atoms with Crippen LogP contribution in [-0.4, -0.2) is 11.1 Å². The first-order chi connectivity index (χ1) is 14.5. The maximum Gasteiger partial charge on any atom is 0.309 e. The van der Waals surface area contributed by atoms with Crippen LogP contribution in [-0.2, 0) is 4.79 Å². The monoisotopic (exact) mass is 424 g/mol. The lowest BCUT2D eigenvalue weighted by Crippen LogP contribution is -2.23. The second kappa shape index (κ2) is 21.7. The highest BCUT2D eigenvalue weighted by Crippen LogP contribution is 2.24. The molecule has 0 aromatic rings. The standard InChI is InChI=1S/C28H56O2/c1-4-5-6-7-8-9-10-11-12-13-14-15-16-17-18-19-20-21-22-23-24-25-26-28(2,3)27(29)30/h4-26H2,1-3H3,(H,29,30). The van der Waals surface area contributed by atoms with Gasteiger partial charge in [-0.25, -0.2) is 0 Å². The molecule has 0 amide bonds. The van der Waals surface area contributed by atoms with Crippen LogP contribution in [0.2, 0.25) is 0 Å². The smallest absolute Gasteiger partial charge is 0.309 e. The number of carbonyl (C=O) groups is 1. The third kappa shape index (κ3) is 20.7. The minimum Gasteiger partial charge on any atom is -0.481 e. The summed E-state index contributed by atoms with van der Waals surface area (Å²) in [5.74, 6) is -0.661. The molecular formula is C28H56O2. The van der Waals surface area contributed by atoms with Crippen LogP contribution in [0.25, 0.3) is 0 Å². The van der Waals surface area contributed by atoms with E-state index in [2.05, 4.69) is 6.92 Å². The summed E-state index contributed by atoms with van der Waals surface area (Å²) in [6.07, 6.45) is 31.5. The van der Waals surface area contributed by atoms with E-state index in [0.717, 1.165) is 12.8 Å². The van der Waals surface area contributed by atoms with Gasteiger partial charge in [0.1, 0.15) is 0 Å². The summed E-state index contributed by atoms with van der Waals surface area (Å²) >= 11 is 0. The van der Waals surface area contributed by atoms with Crippen LogP contribution in [0.5, 0.6) is 0 Å². The molecule has 180 valence electrons.